The van der Waals surface area contributed by atoms with Gasteiger partial charge in [-0.05, 0) is 64.1 Å². The fraction of sp³-hybridized carbons (Fsp3) is 0.0649. The summed E-state index contributed by atoms with van der Waals surface area (Å²) in [6.45, 7) is 2.51. The number of benzene rings is 12. The molecule has 1 unspecified atom stereocenters. The minimum Gasteiger partial charge on any atom is -0.872 e. The van der Waals surface area contributed by atoms with Crippen molar-refractivity contribution < 1.29 is 31.9 Å². The summed E-state index contributed by atoms with van der Waals surface area (Å²) >= 11 is 9.53. The Labute approximate surface area is 548 Å². The van der Waals surface area contributed by atoms with Crippen LogP contribution in [0, 0.1) is 27.7 Å². The Kier molecular flexibility index (Phi) is 26.8. The fourth-order valence-corrected chi connectivity index (χ4v) is 30.2. The molecule has 12 aromatic rings. The molecule has 0 fully saturated rings. The van der Waals surface area contributed by atoms with E-state index in [-0.39, 0.29) is 38.6 Å². The van der Waals surface area contributed by atoms with Crippen LogP contribution in [-0.2, 0) is 21.7 Å². The van der Waals surface area contributed by atoms with Gasteiger partial charge in [-0.1, -0.05) is 326 Å². The SMILES string of the molecule is Cc1cccc(C)c1[O-].Cc1cccc(C)c1[O-].ClCCl.[Ti+4].c1ccc(N=P([PH+]=P([N-]c2ccccc2)(c2ccccc2)c2ccccc2)(c2ccccc2)c2ccccc2)cc1.c1ccc([B-](c2ccccc2)(c2ccccc2)c2ccccc2)cc1. The van der Waals surface area contributed by atoms with Crippen molar-refractivity contribution in [2.24, 2.45) is 4.74 Å². The zero-order valence-corrected chi connectivity index (χ0v) is 55.8. The van der Waals surface area contributed by atoms with Crippen molar-refractivity contribution in [1.29, 1.82) is 0 Å². The van der Waals surface area contributed by atoms with E-state index in [1.807, 2.05) is 64.1 Å². The van der Waals surface area contributed by atoms with Crippen LogP contribution in [0.3, 0.4) is 0 Å². The van der Waals surface area contributed by atoms with Crippen LogP contribution in [0.25, 0.3) is 5.09 Å². The monoisotopic (exact) mass is 1280 g/mol. The second-order valence-corrected chi connectivity index (χ2v) is 32.9. The van der Waals surface area contributed by atoms with Crippen molar-refractivity contribution in [3.63, 3.8) is 0 Å². The van der Waals surface area contributed by atoms with Gasteiger partial charge < -0.3 is 15.3 Å². The third kappa shape index (κ3) is 17.4. The van der Waals surface area contributed by atoms with E-state index in [4.69, 9.17) is 33.0 Å². The van der Waals surface area contributed by atoms with E-state index in [9.17, 15) is 10.2 Å². The summed E-state index contributed by atoms with van der Waals surface area (Å²) in [4.78, 5) is 0. The Bertz CT molecular complexity index is 3740. The Morgan fingerprint density at radius 2 is 0.580 bits per heavy atom. The van der Waals surface area contributed by atoms with Gasteiger partial charge in [0.2, 0.25) is 6.74 Å². The van der Waals surface area contributed by atoms with Crippen LogP contribution in [0.2, 0.25) is 0 Å². The second kappa shape index (κ2) is 34.8. The van der Waals surface area contributed by atoms with E-state index in [2.05, 4.69) is 303 Å². The predicted molar refractivity (Wildman–Crippen MR) is 382 cm³/mol. The van der Waals surface area contributed by atoms with Crippen LogP contribution < -0.4 is 53.3 Å². The molecule has 0 bridgehead atoms. The Morgan fingerprint density at radius 3 is 0.852 bits per heavy atom. The van der Waals surface area contributed by atoms with Crippen molar-refractivity contribution in [3.05, 3.63) is 367 Å². The van der Waals surface area contributed by atoms with Gasteiger partial charge in [-0.25, -0.2) is 4.74 Å². The Hall–Kier alpha value is -7.64. The molecular formula is C77H71BCl2N2O2P3Ti+. The molecular weight excluding hydrogens is 1210 g/mol. The molecule has 0 amide bonds. The first-order valence-electron chi connectivity index (χ1n) is 28.9. The molecule has 0 aromatic heterocycles. The molecule has 11 heteroatoms. The first kappa shape index (κ1) is 67.9. The van der Waals surface area contributed by atoms with Gasteiger partial charge in [-0.3, -0.25) is 0 Å². The quantitative estimate of drug-likeness (QED) is 0.0695. The maximum absolute atomic E-state index is 11.0. The molecule has 12 rings (SSSR count). The smallest absolute Gasteiger partial charge is 0.872 e. The summed E-state index contributed by atoms with van der Waals surface area (Å²) < 4.78 is 5.80. The summed E-state index contributed by atoms with van der Waals surface area (Å²) in [5.41, 5.74) is 10.7. The third-order valence-corrected chi connectivity index (χ3v) is 31.3. The van der Waals surface area contributed by atoms with E-state index in [0.29, 0.717) is 7.56 Å². The molecule has 88 heavy (non-hydrogen) atoms. The molecule has 4 nitrogen and oxygen atoms in total. The number of halogens is 2. The molecule has 0 aliphatic heterocycles. The molecule has 436 valence electrons. The van der Waals surface area contributed by atoms with Crippen molar-refractivity contribution in [2.45, 2.75) is 27.7 Å². The van der Waals surface area contributed by atoms with Crippen LogP contribution >= 0.6 is 44.2 Å². The Balaban J connectivity index is 0.000000197. The molecule has 0 spiro atoms. The number of aryl methyl sites for hydroxylation is 4. The standard InChI is InChI=1S/C36H30N2P3.C24H20B.2C8H10O.CH2Cl2.Ti/c1-7-19-31(20-8-1)37-40(33-23-11-3-12-24-33,34-25-13-4-14-26-34)39-41(35-27-15-5-16-28-35,36-29-17-6-18-30-36)38-32-21-9-2-10-22-32;1-5-13-21(14-6-1)25(22-15-7-2-8-16-22,23-17-9-3-10-18-23)24-19-11-4-12-20-24;2*1-6-4-3-5-7(2)8(6)9;2-1-3;/h1-30H;1-20H;2*3-5,9H,1-2H3;1H2;/q2*-1;;;;+4/p-1. The van der Waals surface area contributed by atoms with Crippen molar-refractivity contribution >= 4 is 105 Å². The first-order chi connectivity index (χ1) is 42.5. The molecule has 1 atom stereocenters. The first-order valence-corrected chi connectivity index (χ1v) is 36.1. The number of rotatable bonds is 12. The van der Waals surface area contributed by atoms with Gasteiger partial charge in [0, 0.05) is 27.9 Å². The number of hydrogen-bond acceptors (Lipinski definition) is 3. The van der Waals surface area contributed by atoms with Crippen LogP contribution in [0.5, 0.6) is 11.5 Å². The number of para-hydroxylation sites is 2. The van der Waals surface area contributed by atoms with E-state index in [1.54, 1.807) is 0 Å². The number of nitrogens with zero attached hydrogens (tertiary/aromatic N) is 2. The zero-order valence-electron chi connectivity index (χ0n) is 50.0. The van der Waals surface area contributed by atoms with Gasteiger partial charge in [0.25, 0.3) is 0 Å². The van der Waals surface area contributed by atoms with Gasteiger partial charge in [-0.2, -0.15) is 21.9 Å². The average Bonchev–Trinajstić information content (AvgIpc) is 0.823. The minimum atomic E-state index is -2.40. The molecule has 0 radical (unpaired) electrons. The topological polar surface area (TPSA) is 72.6 Å². The van der Waals surface area contributed by atoms with Crippen LogP contribution in [-0.4, -0.2) is 11.5 Å². The van der Waals surface area contributed by atoms with Gasteiger partial charge in [-0.15, -0.1) is 40.4 Å². The number of hydrogen-bond donors (Lipinski definition) is 0. The van der Waals surface area contributed by atoms with Crippen LogP contribution in [0.4, 0.5) is 11.4 Å². The molecule has 12 aromatic carbocycles. The van der Waals surface area contributed by atoms with E-state index < -0.39 is 19.6 Å². The summed E-state index contributed by atoms with van der Waals surface area (Å²) in [6.07, 6.45) is -1.22. The summed E-state index contributed by atoms with van der Waals surface area (Å²) in [6, 6.07) is 119. The third-order valence-electron chi connectivity index (χ3n) is 14.9. The molecule has 0 aliphatic rings. The largest absolute Gasteiger partial charge is 4.00 e. The maximum Gasteiger partial charge on any atom is 4.00 e. The normalized spacial score (nSPS) is 10.8. The zero-order chi connectivity index (χ0) is 61.2. The van der Waals surface area contributed by atoms with Gasteiger partial charge in [0.15, 0.2) is 0 Å². The van der Waals surface area contributed by atoms with Gasteiger partial charge in [0.1, 0.15) is 6.15 Å². The molecule has 0 heterocycles. The fourth-order valence-electron chi connectivity index (χ4n) is 10.6. The van der Waals surface area contributed by atoms with Crippen molar-refractivity contribution in [1.82, 2.24) is 0 Å². The van der Waals surface area contributed by atoms with Gasteiger partial charge >= 0.3 is 21.7 Å². The average molecular weight is 1280 g/mol. The minimum absolute atomic E-state index is 0. The summed E-state index contributed by atoms with van der Waals surface area (Å²) in [5.74, 6) is 0.329. The van der Waals surface area contributed by atoms with E-state index in [1.165, 1.54) is 43.1 Å². The second-order valence-electron chi connectivity index (χ2n) is 20.6. The molecule has 0 saturated heterocycles. The van der Waals surface area contributed by atoms with Gasteiger partial charge in [0.05, 0.1) is 18.6 Å². The molecule has 0 N–H and O–H groups in total. The van der Waals surface area contributed by atoms with Crippen molar-refractivity contribution in [3.8, 4) is 11.5 Å². The van der Waals surface area contributed by atoms with E-state index in [0.717, 1.165) is 33.6 Å². The molecule has 0 saturated carbocycles. The van der Waals surface area contributed by atoms with Crippen LogP contribution in [0.1, 0.15) is 22.3 Å². The predicted octanol–water partition coefficient (Wildman–Crippen LogP) is 17.2. The van der Waals surface area contributed by atoms with Crippen molar-refractivity contribution in [2.75, 3.05) is 5.34 Å². The van der Waals surface area contributed by atoms with E-state index >= 15 is 0 Å². The van der Waals surface area contributed by atoms with Crippen LogP contribution in [0.15, 0.2) is 344 Å². The summed E-state index contributed by atoms with van der Waals surface area (Å²) in [7, 11) is 0.405. The molecule has 0 aliphatic carbocycles. The number of alkyl halides is 2. The summed E-state index contributed by atoms with van der Waals surface area (Å²) in [5, 5.41) is 33.0. The maximum atomic E-state index is 11.0. The Morgan fingerprint density at radius 1 is 0.341 bits per heavy atom.